The molecule has 1 saturated heterocycles. The predicted molar refractivity (Wildman–Crippen MR) is 96.9 cm³/mol. The topological polar surface area (TPSA) is 87.7 Å². The lowest BCUT2D eigenvalue weighted by Gasteiger charge is -2.40. The van der Waals surface area contributed by atoms with E-state index in [1.807, 2.05) is 0 Å². The lowest BCUT2D eigenvalue weighted by molar-refractivity contribution is -0.153. The molecule has 3 rings (SSSR count). The largest absolute Gasteiger partial charge is 0.464 e. The van der Waals surface area contributed by atoms with Gasteiger partial charge in [0.05, 0.1) is 12.2 Å². The Hall–Kier alpha value is -2.28. The second-order valence-electron chi connectivity index (χ2n) is 6.62. The third kappa shape index (κ3) is 3.49. The van der Waals surface area contributed by atoms with Crippen molar-refractivity contribution in [1.29, 1.82) is 0 Å². The minimum Gasteiger partial charge on any atom is -0.464 e. The zero-order valence-corrected chi connectivity index (χ0v) is 15.6. The van der Waals surface area contributed by atoms with Crippen LogP contribution in [-0.4, -0.2) is 47.5 Å². The molecule has 1 aromatic rings. The number of amides is 2. The maximum atomic E-state index is 12.5. The van der Waals surface area contributed by atoms with Gasteiger partial charge in [-0.3, -0.25) is 9.59 Å². The van der Waals surface area contributed by atoms with Crippen molar-refractivity contribution >= 4 is 35.1 Å². The van der Waals surface area contributed by atoms with Crippen LogP contribution in [0.25, 0.3) is 0 Å². The van der Waals surface area contributed by atoms with Crippen LogP contribution in [0.5, 0.6) is 0 Å². The average Bonchev–Trinajstić information content (AvgIpc) is 2.75. The summed E-state index contributed by atoms with van der Waals surface area (Å²) in [5.74, 6) is -0.765. The van der Waals surface area contributed by atoms with Gasteiger partial charge in [-0.15, -0.1) is 0 Å². The Kier molecular flexibility index (Phi) is 5.09. The number of fused-ring (bicyclic) bond motifs is 1. The Bertz CT molecular complexity index is 754. The van der Waals surface area contributed by atoms with Crippen LogP contribution >= 0.6 is 11.6 Å². The maximum Gasteiger partial charge on any atom is 0.328 e. The van der Waals surface area contributed by atoms with Crippen LogP contribution in [0.1, 0.15) is 43.5 Å². The number of anilines is 1. The van der Waals surface area contributed by atoms with Gasteiger partial charge in [0.25, 0.3) is 5.91 Å². The van der Waals surface area contributed by atoms with E-state index in [0.29, 0.717) is 35.7 Å². The smallest absolute Gasteiger partial charge is 0.328 e. The van der Waals surface area contributed by atoms with Crippen LogP contribution < -0.4 is 10.6 Å². The molecule has 26 heavy (non-hydrogen) atoms. The highest BCUT2D eigenvalue weighted by atomic mass is 35.5. The Morgan fingerprint density at radius 1 is 1.35 bits per heavy atom. The number of ether oxygens (including phenoxy) is 1. The maximum absolute atomic E-state index is 12.5. The van der Waals surface area contributed by atoms with E-state index in [0.717, 1.165) is 0 Å². The zero-order chi connectivity index (χ0) is 18.9. The number of benzene rings is 1. The molecule has 2 atom stereocenters. The van der Waals surface area contributed by atoms with E-state index in [4.69, 9.17) is 16.3 Å². The summed E-state index contributed by atoms with van der Waals surface area (Å²) >= 11 is 5.97. The summed E-state index contributed by atoms with van der Waals surface area (Å²) in [6, 6.07) is 4.45. The molecule has 2 amide bonds. The van der Waals surface area contributed by atoms with Crippen molar-refractivity contribution in [3.05, 3.63) is 28.8 Å². The van der Waals surface area contributed by atoms with Gasteiger partial charge in [0.1, 0.15) is 11.7 Å². The monoisotopic (exact) mass is 379 g/mol. The normalized spacial score (nSPS) is 23.6. The fourth-order valence-electron chi connectivity index (χ4n) is 3.46. The van der Waals surface area contributed by atoms with Gasteiger partial charge in [-0.1, -0.05) is 11.6 Å². The molecule has 2 aliphatic heterocycles. The van der Waals surface area contributed by atoms with E-state index in [9.17, 15) is 14.4 Å². The third-order valence-electron chi connectivity index (χ3n) is 4.91. The van der Waals surface area contributed by atoms with Gasteiger partial charge in [-0.2, -0.15) is 0 Å². The highest BCUT2D eigenvalue weighted by molar-refractivity contribution is 6.31. The van der Waals surface area contributed by atoms with E-state index in [1.54, 1.807) is 32.0 Å². The number of nitrogens with one attached hydrogen (secondary N) is 2. The van der Waals surface area contributed by atoms with Crippen LogP contribution in [0.4, 0.5) is 5.69 Å². The van der Waals surface area contributed by atoms with E-state index in [1.165, 1.54) is 4.90 Å². The fraction of sp³-hybridized carbons (Fsp3) is 0.500. The van der Waals surface area contributed by atoms with Gasteiger partial charge in [-0.05, 0) is 38.5 Å². The first-order chi connectivity index (χ1) is 12.3. The van der Waals surface area contributed by atoms with Crippen molar-refractivity contribution in [2.24, 2.45) is 0 Å². The standard InChI is InChI=1S/C18H22ClN3O4/c1-3-26-17(25)11(2)22-9-8-18(7-6-15(22)23)20-14-5-4-12(19)10-13(14)16(24)21-18/h4-5,10-11,20H,3,6-9H2,1-2H3,(H,21,24). The zero-order valence-electron chi connectivity index (χ0n) is 14.8. The van der Waals surface area contributed by atoms with E-state index < -0.39 is 17.7 Å². The highest BCUT2D eigenvalue weighted by Crippen LogP contribution is 2.33. The van der Waals surface area contributed by atoms with Crippen molar-refractivity contribution in [3.63, 3.8) is 0 Å². The molecule has 7 nitrogen and oxygen atoms in total. The molecule has 0 aromatic heterocycles. The number of likely N-dealkylation sites (tertiary alicyclic amines) is 1. The molecular formula is C18H22ClN3O4. The predicted octanol–water partition coefficient (Wildman–Crippen LogP) is 2.16. The van der Waals surface area contributed by atoms with Crippen LogP contribution in [0.2, 0.25) is 5.02 Å². The van der Waals surface area contributed by atoms with Gasteiger partial charge in [0.2, 0.25) is 5.91 Å². The minimum atomic E-state index is -0.725. The van der Waals surface area contributed by atoms with Gasteiger partial charge in [0.15, 0.2) is 0 Å². The van der Waals surface area contributed by atoms with E-state index in [2.05, 4.69) is 10.6 Å². The average molecular weight is 380 g/mol. The molecule has 0 radical (unpaired) electrons. The number of hydrogen-bond donors (Lipinski definition) is 2. The number of nitrogens with zero attached hydrogens (tertiary/aromatic N) is 1. The van der Waals surface area contributed by atoms with E-state index in [-0.39, 0.29) is 24.8 Å². The molecule has 8 heteroatoms. The Labute approximate surface area is 157 Å². The SMILES string of the molecule is CCOC(=O)C(C)N1CCC2(CCC1=O)NC(=O)c1cc(Cl)ccc1N2. The summed E-state index contributed by atoms with van der Waals surface area (Å²) in [6.07, 6.45) is 1.14. The van der Waals surface area contributed by atoms with Gasteiger partial charge in [-0.25, -0.2) is 4.79 Å². The molecule has 2 heterocycles. The summed E-state index contributed by atoms with van der Waals surface area (Å²) < 4.78 is 5.03. The molecule has 1 fully saturated rings. The van der Waals surface area contributed by atoms with Crippen molar-refractivity contribution in [2.75, 3.05) is 18.5 Å². The number of halogens is 1. The number of rotatable bonds is 3. The van der Waals surface area contributed by atoms with Gasteiger partial charge in [0, 0.05) is 30.1 Å². The molecule has 2 N–H and O–H groups in total. The molecule has 140 valence electrons. The Morgan fingerprint density at radius 2 is 2.12 bits per heavy atom. The molecular weight excluding hydrogens is 358 g/mol. The Morgan fingerprint density at radius 3 is 2.85 bits per heavy atom. The summed E-state index contributed by atoms with van der Waals surface area (Å²) in [4.78, 5) is 38.6. The summed E-state index contributed by atoms with van der Waals surface area (Å²) in [5.41, 5.74) is 0.449. The number of esters is 1. The summed E-state index contributed by atoms with van der Waals surface area (Å²) in [7, 11) is 0. The molecule has 0 bridgehead atoms. The van der Waals surface area contributed by atoms with Crippen molar-refractivity contribution in [3.8, 4) is 0 Å². The molecule has 0 saturated carbocycles. The quantitative estimate of drug-likeness (QED) is 0.786. The second-order valence-corrected chi connectivity index (χ2v) is 7.05. The van der Waals surface area contributed by atoms with Gasteiger partial charge >= 0.3 is 5.97 Å². The first kappa shape index (κ1) is 18.5. The van der Waals surface area contributed by atoms with Crippen molar-refractivity contribution in [1.82, 2.24) is 10.2 Å². The number of hydrogen-bond acceptors (Lipinski definition) is 5. The molecule has 1 spiro atoms. The fourth-order valence-corrected chi connectivity index (χ4v) is 3.63. The minimum absolute atomic E-state index is 0.125. The van der Waals surface area contributed by atoms with Crippen LogP contribution in [-0.2, 0) is 14.3 Å². The van der Waals surface area contributed by atoms with Crippen molar-refractivity contribution in [2.45, 2.75) is 44.8 Å². The highest BCUT2D eigenvalue weighted by Gasteiger charge is 2.42. The molecule has 2 unspecified atom stereocenters. The molecule has 2 aliphatic rings. The molecule has 0 aliphatic carbocycles. The van der Waals surface area contributed by atoms with Crippen molar-refractivity contribution < 1.29 is 19.1 Å². The summed E-state index contributed by atoms with van der Waals surface area (Å²) in [6.45, 7) is 4.01. The summed E-state index contributed by atoms with van der Waals surface area (Å²) in [5, 5.41) is 6.83. The number of carbonyl (C=O) groups is 3. The van der Waals surface area contributed by atoms with Crippen LogP contribution in [0, 0.1) is 0 Å². The first-order valence-electron chi connectivity index (χ1n) is 8.71. The number of carbonyl (C=O) groups excluding carboxylic acids is 3. The van der Waals surface area contributed by atoms with Crippen LogP contribution in [0.15, 0.2) is 18.2 Å². The first-order valence-corrected chi connectivity index (χ1v) is 9.09. The molecule has 1 aromatic carbocycles. The second kappa shape index (κ2) is 7.15. The lowest BCUT2D eigenvalue weighted by Crippen LogP contribution is -2.58. The van der Waals surface area contributed by atoms with Crippen LogP contribution in [0.3, 0.4) is 0 Å². The van der Waals surface area contributed by atoms with Gasteiger partial charge < -0.3 is 20.3 Å². The Balaban J connectivity index is 1.79. The third-order valence-corrected chi connectivity index (χ3v) is 5.15. The lowest BCUT2D eigenvalue weighted by atomic mass is 9.95. The van der Waals surface area contributed by atoms with E-state index >= 15 is 0 Å².